The predicted molar refractivity (Wildman–Crippen MR) is 108 cm³/mol. The molecule has 3 N–H and O–H groups in total. The minimum absolute atomic E-state index is 0.00529. The van der Waals surface area contributed by atoms with E-state index in [4.69, 9.17) is 0 Å². The van der Waals surface area contributed by atoms with Gasteiger partial charge in [-0.15, -0.1) is 0 Å². The second-order valence-electron chi connectivity index (χ2n) is 6.95. The number of para-hydroxylation sites is 2. The molecule has 0 aliphatic heterocycles. The molecule has 28 heavy (non-hydrogen) atoms. The molecule has 0 bridgehead atoms. The number of nitrogens with zero attached hydrogens (tertiary/aromatic N) is 1. The van der Waals surface area contributed by atoms with Crippen molar-refractivity contribution in [2.75, 3.05) is 30.8 Å². The summed E-state index contributed by atoms with van der Waals surface area (Å²) in [6.45, 7) is 5.97. The van der Waals surface area contributed by atoms with E-state index in [1.54, 1.807) is 13.1 Å². The van der Waals surface area contributed by atoms with Gasteiger partial charge in [0.1, 0.15) is 5.69 Å². The van der Waals surface area contributed by atoms with Crippen LogP contribution >= 0.6 is 0 Å². The fourth-order valence-corrected chi connectivity index (χ4v) is 3.10. The molecule has 0 heterocycles. The monoisotopic (exact) mass is 385 g/mol. The van der Waals surface area contributed by atoms with Gasteiger partial charge in [0, 0.05) is 11.8 Å². The summed E-state index contributed by atoms with van der Waals surface area (Å²) in [6, 6.07) is 9.94. The zero-order valence-corrected chi connectivity index (χ0v) is 16.5. The number of carbonyl (C=O) groups is 2. The molecule has 0 saturated carbocycles. The van der Waals surface area contributed by atoms with Crippen molar-refractivity contribution in [3.8, 4) is 0 Å². The number of carbonyl (C=O) groups excluding carboxylic acids is 2. The second-order valence-corrected chi connectivity index (χ2v) is 6.95. The Labute approximate surface area is 163 Å². The van der Waals surface area contributed by atoms with Crippen molar-refractivity contribution in [2.24, 2.45) is 0 Å². The van der Waals surface area contributed by atoms with Gasteiger partial charge in [-0.05, 0) is 38.0 Å². The third kappa shape index (κ3) is 5.62. The molecule has 2 rings (SSSR count). The Hall–Kier alpha value is -3.26. The van der Waals surface area contributed by atoms with Gasteiger partial charge < -0.3 is 15.5 Å². The number of nitro groups is 1. The number of aryl methyl sites for hydroxylation is 3. The molecule has 0 fully saturated rings. The Morgan fingerprint density at radius 1 is 1.00 bits per heavy atom. The molecular weight excluding hydrogens is 360 g/mol. The average molecular weight is 385 g/mol. The van der Waals surface area contributed by atoms with Crippen LogP contribution in [-0.2, 0) is 9.59 Å². The molecule has 0 saturated heterocycles. The van der Waals surface area contributed by atoms with Gasteiger partial charge in [0.2, 0.25) is 0 Å². The molecule has 2 aromatic rings. The van der Waals surface area contributed by atoms with Crippen molar-refractivity contribution < 1.29 is 19.4 Å². The van der Waals surface area contributed by atoms with Crippen LogP contribution in [0.1, 0.15) is 16.7 Å². The van der Waals surface area contributed by atoms with Crippen molar-refractivity contribution in [2.45, 2.75) is 20.8 Å². The number of anilines is 2. The van der Waals surface area contributed by atoms with E-state index in [-0.39, 0.29) is 30.4 Å². The zero-order valence-electron chi connectivity index (χ0n) is 16.5. The lowest BCUT2D eigenvalue weighted by molar-refractivity contribution is -0.862. The lowest BCUT2D eigenvalue weighted by atomic mass is 10.1. The number of nitrogens with one attached hydrogen (secondary N) is 3. The van der Waals surface area contributed by atoms with Crippen molar-refractivity contribution in [1.29, 1.82) is 0 Å². The van der Waals surface area contributed by atoms with E-state index in [2.05, 4.69) is 10.6 Å². The van der Waals surface area contributed by atoms with E-state index in [1.807, 2.05) is 32.9 Å². The zero-order chi connectivity index (χ0) is 20.8. The molecule has 2 amide bonds. The molecule has 1 unspecified atom stereocenters. The fraction of sp³-hybridized carbons (Fsp3) is 0.300. The maximum Gasteiger partial charge on any atom is 0.292 e. The minimum atomic E-state index is -0.550. The van der Waals surface area contributed by atoms with Crippen LogP contribution in [0, 0.1) is 30.9 Å². The van der Waals surface area contributed by atoms with Crippen molar-refractivity contribution in [1.82, 2.24) is 0 Å². The van der Waals surface area contributed by atoms with E-state index >= 15 is 0 Å². The highest BCUT2D eigenvalue weighted by molar-refractivity contribution is 5.95. The molecule has 2 aromatic carbocycles. The molecule has 0 aliphatic rings. The van der Waals surface area contributed by atoms with Gasteiger partial charge in [-0.25, -0.2) is 0 Å². The lowest BCUT2D eigenvalue weighted by Crippen LogP contribution is -3.11. The number of hydrogen-bond acceptors (Lipinski definition) is 4. The SMILES string of the molecule is Cc1cc(C)c(NC(=O)C[NH+](C)CC(=O)Nc2ccccc2[N+](=O)[O-])c(C)c1. The normalized spacial score (nSPS) is 11.6. The first kappa shape index (κ1) is 21.0. The molecule has 0 spiro atoms. The summed E-state index contributed by atoms with van der Waals surface area (Å²) in [6.07, 6.45) is 0. The smallest absolute Gasteiger partial charge is 0.292 e. The quantitative estimate of drug-likeness (QED) is 0.497. The lowest BCUT2D eigenvalue weighted by Gasteiger charge is -2.16. The predicted octanol–water partition coefficient (Wildman–Crippen LogP) is 1.61. The summed E-state index contributed by atoms with van der Waals surface area (Å²) in [5.74, 6) is -0.603. The summed E-state index contributed by atoms with van der Waals surface area (Å²) in [7, 11) is 1.72. The van der Waals surface area contributed by atoms with Crippen molar-refractivity contribution in [3.05, 3.63) is 63.2 Å². The first-order valence-electron chi connectivity index (χ1n) is 8.89. The van der Waals surface area contributed by atoms with Gasteiger partial charge >= 0.3 is 0 Å². The van der Waals surface area contributed by atoms with Crippen molar-refractivity contribution in [3.63, 3.8) is 0 Å². The first-order chi connectivity index (χ1) is 13.2. The number of amides is 2. The standard InChI is InChI=1S/C20H24N4O4/c1-13-9-14(2)20(15(3)10-13)22-19(26)12-23(4)11-18(25)21-16-7-5-6-8-17(16)24(27)28/h5-10H,11-12H2,1-4H3,(H,21,25)(H,22,26)/p+1. The van der Waals surface area contributed by atoms with Crippen LogP contribution in [0.4, 0.5) is 17.1 Å². The Balaban J connectivity index is 1.93. The van der Waals surface area contributed by atoms with Crippen LogP contribution < -0.4 is 15.5 Å². The van der Waals surface area contributed by atoms with Gasteiger partial charge in [0.15, 0.2) is 13.1 Å². The van der Waals surface area contributed by atoms with Crippen LogP contribution in [0.25, 0.3) is 0 Å². The topological polar surface area (TPSA) is 106 Å². The Morgan fingerprint density at radius 2 is 1.54 bits per heavy atom. The van der Waals surface area contributed by atoms with Crippen LogP contribution in [0.2, 0.25) is 0 Å². The number of benzene rings is 2. The summed E-state index contributed by atoms with van der Waals surface area (Å²) >= 11 is 0. The van der Waals surface area contributed by atoms with Crippen LogP contribution in [0.15, 0.2) is 36.4 Å². The molecule has 0 radical (unpaired) electrons. The Kier molecular flexibility index (Phi) is 6.84. The average Bonchev–Trinajstić information content (AvgIpc) is 2.58. The highest BCUT2D eigenvalue weighted by Crippen LogP contribution is 2.23. The molecular formula is C20H25N4O4+. The van der Waals surface area contributed by atoms with Crippen LogP contribution in [0.3, 0.4) is 0 Å². The minimum Gasteiger partial charge on any atom is -0.322 e. The van der Waals surface area contributed by atoms with Crippen LogP contribution in [0.5, 0.6) is 0 Å². The highest BCUT2D eigenvalue weighted by Gasteiger charge is 2.19. The van der Waals surface area contributed by atoms with E-state index in [0.717, 1.165) is 22.4 Å². The van der Waals surface area contributed by atoms with Gasteiger partial charge in [-0.1, -0.05) is 29.8 Å². The Morgan fingerprint density at radius 3 is 2.11 bits per heavy atom. The molecule has 8 heteroatoms. The van der Waals surface area contributed by atoms with Crippen LogP contribution in [-0.4, -0.2) is 36.9 Å². The molecule has 8 nitrogen and oxygen atoms in total. The largest absolute Gasteiger partial charge is 0.322 e. The summed E-state index contributed by atoms with van der Waals surface area (Å²) in [5.41, 5.74) is 3.85. The number of quaternary nitrogens is 1. The highest BCUT2D eigenvalue weighted by atomic mass is 16.6. The summed E-state index contributed by atoms with van der Waals surface area (Å²) in [4.78, 5) is 35.7. The third-order valence-corrected chi connectivity index (χ3v) is 4.24. The number of likely N-dealkylation sites (N-methyl/N-ethyl adjacent to an activating group) is 1. The number of rotatable bonds is 7. The summed E-state index contributed by atoms with van der Waals surface area (Å²) < 4.78 is 0. The van der Waals surface area contributed by atoms with E-state index < -0.39 is 10.8 Å². The van der Waals surface area contributed by atoms with Gasteiger partial charge in [0.05, 0.1) is 12.0 Å². The Bertz CT molecular complexity index is 888. The van der Waals surface area contributed by atoms with Gasteiger partial charge in [0.25, 0.3) is 17.5 Å². The maximum absolute atomic E-state index is 12.3. The maximum atomic E-state index is 12.3. The van der Waals surface area contributed by atoms with E-state index in [9.17, 15) is 19.7 Å². The molecule has 0 aliphatic carbocycles. The van der Waals surface area contributed by atoms with E-state index in [1.165, 1.54) is 18.2 Å². The number of hydrogen-bond donors (Lipinski definition) is 3. The fourth-order valence-electron chi connectivity index (χ4n) is 3.10. The number of nitro benzene ring substituents is 1. The van der Waals surface area contributed by atoms with Crippen molar-refractivity contribution >= 4 is 28.9 Å². The second kappa shape index (κ2) is 9.09. The third-order valence-electron chi connectivity index (χ3n) is 4.24. The van der Waals surface area contributed by atoms with Gasteiger partial charge in [-0.2, -0.15) is 0 Å². The molecule has 148 valence electrons. The van der Waals surface area contributed by atoms with Gasteiger partial charge in [-0.3, -0.25) is 19.7 Å². The summed E-state index contributed by atoms with van der Waals surface area (Å²) in [5, 5.41) is 16.5. The molecule has 1 atom stereocenters. The molecule has 0 aromatic heterocycles. The van der Waals surface area contributed by atoms with E-state index in [0.29, 0.717) is 4.90 Å². The first-order valence-corrected chi connectivity index (χ1v) is 8.89.